The zero-order valence-electron chi connectivity index (χ0n) is 13.4. The van der Waals surface area contributed by atoms with Gasteiger partial charge in [-0.15, -0.1) is 0 Å². The molecule has 0 bridgehead atoms. The van der Waals surface area contributed by atoms with Crippen LogP contribution in [0, 0.1) is 0 Å². The summed E-state index contributed by atoms with van der Waals surface area (Å²) >= 11 is 0. The van der Waals surface area contributed by atoms with Crippen molar-refractivity contribution < 1.29 is 4.74 Å². The van der Waals surface area contributed by atoms with Gasteiger partial charge in [-0.2, -0.15) is 5.10 Å². The molecule has 22 heavy (non-hydrogen) atoms. The molecule has 118 valence electrons. The van der Waals surface area contributed by atoms with Crippen LogP contribution in [0.2, 0.25) is 0 Å². The van der Waals surface area contributed by atoms with E-state index in [1.807, 2.05) is 31.2 Å². The Morgan fingerprint density at radius 3 is 2.68 bits per heavy atom. The lowest BCUT2D eigenvalue weighted by atomic mass is 10.1. The Morgan fingerprint density at radius 2 is 2.05 bits per heavy atom. The van der Waals surface area contributed by atoms with E-state index in [-0.39, 0.29) is 11.6 Å². The summed E-state index contributed by atoms with van der Waals surface area (Å²) in [6, 6.07) is 9.16. The molecule has 0 fully saturated rings. The first-order valence-electron chi connectivity index (χ1n) is 7.68. The van der Waals surface area contributed by atoms with Crippen LogP contribution in [0.25, 0.3) is 11.3 Å². The summed E-state index contributed by atoms with van der Waals surface area (Å²) in [7, 11) is 0. The summed E-state index contributed by atoms with van der Waals surface area (Å²) in [6.07, 6.45) is 0.932. The van der Waals surface area contributed by atoms with E-state index < -0.39 is 0 Å². The first-order chi connectivity index (χ1) is 10.6. The van der Waals surface area contributed by atoms with Gasteiger partial charge in [0.15, 0.2) is 0 Å². The maximum atomic E-state index is 12.3. The van der Waals surface area contributed by atoms with E-state index in [4.69, 9.17) is 10.5 Å². The van der Waals surface area contributed by atoms with Crippen LogP contribution in [0.15, 0.2) is 35.1 Å². The number of aromatic nitrogens is 2. The molecule has 1 unspecified atom stereocenters. The number of aryl methyl sites for hydroxylation is 1. The van der Waals surface area contributed by atoms with Crippen molar-refractivity contribution in [1.29, 1.82) is 0 Å². The number of nitrogens with zero attached hydrogens (tertiary/aromatic N) is 2. The Kier molecular flexibility index (Phi) is 5.33. The van der Waals surface area contributed by atoms with Gasteiger partial charge in [-0.25, -0.2) is 4.68 Å². The van der Waals surface area contributed by atoms with Gasteiger partial charge in [0.05, 0.1) is 12.3 Å². The zero-order chi connectivity index (χ0) is 16.1. The Hall–Kier alpha value is -2.14. The van der Waals surface area contributed by atoms with Gasteiger partial charge >= 0.3 is 0 Å². The predicted molar refractivity (Wildman–Crippen MR) is 88.0 cm³/mol. The second kappa shape index (κ2) is 7.22. The van der Waals surface area contributed by atoms with Crippen LogP contribution in [-0.2, 0) is 6.54 Å². The predicted octanol–water partition coefficient (Wildman–Crippen LogP) is 2.74. The topological polar surface area (TPSA) is 70.1 Å². The lowest BCUT2D eigenvalue weighted by Gasteiger charge is -2.14. The molecule has 5 nitrogen and oxygen atoms in total. The van der Waals surface area contributed by atoms with Crippen LogP contribution in [0.1, 0.15) is 38.8 Å². The van der Waals surface area contributed by atoms with E-state index in [0.717, 1.165) is 17.7 Å². The number of hydrogen-bond acceptors (Lipinski definition) is 4. The Labute approximate surface area is 130 Å². The second-order valence-electron chi connectivity index (χ2n) is 5.24. The third-order valence-corrected chi connectivity index (χ3v) is 3.42. The van der Waals surface area contributed by atoms with E-state index in [1.165, 1.54) is 4.68 Å². The summed E-state index contributed by atoms with van der Waals surface area (Å²) in [5, 5.41) is 4.44. The molecule has 0 saturated heterocycles. The fourth-order valence-corrected chi connectivity index (χ4v) is 2.25. The quantitative estimate of drug-likeness (QED) is 0.890. The summed E-state index contributed by atoms with van der Waals surface area (Å²) in [6.45, 7) is 6.91. The van der Waals surface area contributed by atoms with E-state index in [2.05, 4.69) is 12.0 Å². The third kappa shape index (κ3) is 3.36. The van der Waals surface area contributed by atoms with E-state index in [1.54, 1.807) is 13.0 Å². The first kappa shape index (κ1) is 16.2. The minimum absolute atomic E-state index is 0.131. The van der Waals surface area contributed by atoms with Crippen molar-refractivity contribution in [1.82, 2.24) is 9.78 Å². The van der Waals surface area contributed by atoms with Gasteiger partial charge in [0, 0.05) is 23.7 Å². The number of ether oxygens (including phenoxy) is 1. The fourth-order valence-electron chi connectivity index (χ4n) is 2.25. The van der Waals surface area contributed by atoms with Gasteiger partial charge < -0.3 is 10.5 Å². The van der Waals surface area contributed by atoms with Gasteiger partial charge in [0.25, 0.3) is 5.56 Å². The Balaban J connectivity index is 2.58. The molecule has 1 aromatic heterocycles. The van der Waals surface area contributed by atoms with Gasteiger partial charge in [0.2, 0.25) is 0 Å². The van der Waals surface area contributed by atoms with Gasteiger partial charge in [-0.1, -0.05) is 19.1 Å². The molecule has 0 aliphatic carbocycles. The van der Waals surface area contributed by atoms with Gasteiger partial charge in [-0.3, -0.25) is 4.79 Å². The lowest BCUT2D eigenvalue weighted by Crippen LogP contribution is -2.29. The highest BCUT2D eigenvalue weighted by atomic mass is 16.5. The van der Waals surface area contributed by atoms with E-state index >= 15 is 0 Å². The van der Waals surface area contributed by atoms with Crippen LogP contribution in [0.4, 0.5) is 0 Å². The van der Waals surface area contributed by atoms with Gasteiger partial charge in [-0.05, 0) is 38.5 Å². The number of para-hydroxylation sites is 1. The Morgan fingerprint density at radius 1 is 1.32 bits per heavy atom. The molecular formula is C17H23N3O2. The molecule has 1 aromatic carbocycles. The van der Waals surface area contributed by atoms with E-state index in [0.29, 0.717) is 24.4 Å². The summed E-state index contributed by atoms with van der Waals surface area (Å²) in [5.41, 5.74) is 7.95. The average molecular weight is 301 g/mol. The molecule has 0 spiro atoms. The molecule has 2 aromatic rings. The van der Waals surface area contributed by atoms with Crippen LogP contribution < -0.4 is 16.0 Å². The van der Waals surface area contributed by atoms with Crippen molar-refractivity contribution in [3.05, 3.63) is 46.2 Å². The summed E-state index contributed by atoms with van der Waals surface area (Å²) in [4.78, 5) is 12.3. The average Bonchev–Trinajstić information content (AvgIpc) is 2.53. The lowest BCUT2D eigenvalue weighted by molar-refractivity contribution is 0.318. The molecule has 0 radical (unpaired) electrons. The highest BCUT2D eigenvalue weighted by molar-refractivity contribution is 5.67. The van der Waals surface area contributed by atoms with Crippen LogP contribution in [0.3, 0.4) is 0 Å². The zero-order valence-corrected chi connectivity index (χ0v) is 13.4. The summed E-state index contributed by atoms with van der Waals surface area (Å²) in [5.74, 6) is 0.772. The molecular weight excluding hydrogens is 278 g/mol. The maximum Gasteiger partial charge on any atom is 0.271 e. The van der Waals surface area contributed by atoms with Crippen molar-refractivity contribution in [2.24, 2.45) is 5.73 Å². The largest absolute Gasteiger partial charge is 0.493 e. The molecule has 2 rings (SSSR count). The fraction of sp³-hybridized carbons (Fsp3) is 0.412. The van der Waals surface area contributed by atoms with Gasteiger partial charge in [0.1, 0.15) is 5.75 Å². The second-order valence-corrected chi connectivity index (χ2v) is 5.24. The number of nitrogens with two attached hydrogens (primary N) is 1. The number of rotatable bonds is 6. The smallest absolute Gasteiger partial charge is 0.271 e. The van der Waals surface area contributed by atoms with Crippen LogP contribution in [-0.4, -0.2) is 16.4 Å². The highest BCUT2D eigenvalue weighted by Crippen LogP contribution is 2.28. The normalized spacial score (nSPS) is 12.2. The third-order valence-electron chi connectivity index (χ3n) is 3.42. The molecule has 0 aliphatic heterocycles. The number of benzene rings is 1. The standard InChI is InChI=1S/C17H23N3O2/c1-4-10-22-16-9-7-6-8-13(16)15-11-14(12(3)18)17(21)20(5-2)19-15/h6-9,11-12H,4-5,10,18H2,1-3H3. The SMILES string of the molecule is CCCOc1ccccc1-c1cc(C(C)N)c(=O)n(CC)n1. The molecule has 5 heteroatoms. The Bertz CT molecular complexity index is 693. The monoisotopic (exact) mass is 301 g/mol. The van der Waals surface area contributed by atoms with Crippen molar-refractivity contribution in [3.8, 4) is 17.0 Å². The van der Waals surface area contributed by atoms with Crippen molar-refractivity contribution in [2.45, 2.75) is 39.8 Å². The molecule has 1 atom stereocenters. The molecule has 2 N–H and O–H groups in total. The van der Waals surface area contributed by atoms with E-state index in [9.17, 15) is 4.79 Å². The minimum atomic E-state index is -0.337. The molecule has 0 aliphatic rings. The molecule has 0 saturated carbocycles. The maximum absolute atomic E-state index is 12.3. The minimum Gasteiger partial charge on any atom is -0.493 e. The van der Waals surface area contributed by atoms with Crippen molar-refractivity contribution in [2.75, 3.05) is 6.61 Å². The summed E-state index contributed by atoms with van der Waals surface area (Å²) < 4.78 is 7.24. The first-order valence-corrected chi connectivity index (χ1v) is 7.68. The van der Waals surface area contributed by atoms with Crippen molar-refractivity contribution in [3.63, 3.8) is 0 Å². The molecule has 0 amide bonds. The number of hydrogen-bond donors (Lipinski definition) is 1. The highest BCUT2D eigenvalue weighted by Gasteiger charge is 2.14. The van der Waals surface area contributed by atoms with Crippen LogP contribution in [0.5, 0.6) is 5.75 Å². The molecule has 1 heterocycles. The van der Waals surface area contributed by atoms with Crippen molar-refractivity contribution >= 4 is 0 Å². The van der Waals surface area contributed by atoms with Crippen LogP contribution >= 0.6 is 0 Å².